The first-order valence-corrected chi connectivity index (χ1v) is 8.31. The van der Waals surface area contributed by atoms with Gasteiger partial charge in [0.1, 0.15) is 11.6 Å². The number of hydrogen-bond donors (Lipinski definition) is 1. The molecule has 2 unspecified atom stereocenters. The molecular formula is C14H25N3OS. The van der Waals surface area contributed by atoms with Gasteiger partial charge in [-0.2, -0.15) is 0 Å². The molecule has 1 saturated carbocycles. The summed E-state index contributed by atoms with van der Waals surface area (Å²) in [4.78, 5) is 0. The minimum Gasteiger partial charge on any atom is -0.371 e. The van der Waals surface area contributed by atoms with Crippen LogP contribution in [0, 0.1) is 5.92 Å². The van der Waals surface area contributed by atoms with Crippen LogP contribution in [0.4, 0.5) is 5.13 Å². The summed E-state index contributed by atoms with van der Waals surface area (Å²) in [7, 11) is 0. The van der Waals surface area contributed by atoms with Gasteiger partial charge in [0.2, 0.25) is 5.13 Å². The Labute approximate surface area is 120 Å². The van der Waals surface area contributed by atoms with Gasteiger partial charge in [0.25, 0.3) is 0 Å². The Hall–Kier alpha value is -0.680. The largest absolute Gasteiger partial charge is 0.371 e. The monoisotopic (exact) mass is 283 g/mol. The molecular weight excluding hydrogens is 258 g/mol. The Morgan fingerprint density at radius 1 is 1.32 bits per heavy atom. The SMILES string of the molecule is CCCNc1nnc(COC2CCCC(CC)C2)s1. The maximum atomic E-state index is 6.00. The lowest BCUT2D eigenvalue weighted by Crippen LogP contribution is -2.22. The van der Waals surface area contributed by atoms with Crippen LogP contribution < -0.4 is 5.32 Å². The molecule has 1 N–H and O–H groups in total. The Morgan fingerprint density at radius 3 is 3.00 bits per heavy atom. The van der Waals surface area contributed by atoms with E-state index >= 15 is 0 Å². The van der Waals surface area contributed by atoms with Crippen LogP contribution in [0.1, 0.15) is 57.4 Å². The van der Waals surface area contributed by atoms with Crippen LogP contribution >= 0.6 is 11.3 Å². The first-order chi connectivity index (χ1) is 9.31. The van der Waals surface area contributed by atoms with E-state index < -0.39 is 0 Å². The third kappa shape index (κ3) is 4.73. The molecule has 2 rings (SSSR count). The number of aromatic nitrogens is 2. The quantitative estimate of drug-likeness (QED) is 0.825. The van der Waals surface area contributed by atoms with Gasteiger partial charge in [-0.3, -0.25) is 0 Å². The highest BCUT2D eigenvalue weighted by Gasteiger charge is 2.21. The summed E-state index contributed by atoms with van der Waals surface area (Å²) < 4.78 is 6.00. The number of rotatable bonds is 7. The molecule has 0 saturated heterocycles. The van der Waals surface area contributed by atoms with Gasteiger partial charge >= 0.3 is 0 Å². The smallest absolute Gasteiger partial charge is 0.205 e. The minimum absolute atomic E-state index is 0.426. The lowest BCUT2D eigenvalue weighted by Gasteiger charge is -2.28. The summed E-state index contributed by atoms with van der Waals surface area (Å²) in [5.74, 6) is 0.856. The minimum atomic E-state index is 0.426. The molecule has 1 aromatic heterocycles. The summed E-state index contributed by atoms with van der Waals surface area (Å²) in [5.41, 5.74) is 0. The van der Waals surface area contributed by atoms with Crippen molar-refractivity contribution in [1.82, 2.24) is 10.2 Å². The molecule has 2 atom stereocenters. The summed E-state index contributed by atoms with van der Waals surface area (Å²) in [6.07, 6.45) is 7.92. The van der Waals surface area contributed by atoms with Crippen molar-refractivity contribution < 1.29 is 4.74 Å². The van der Waals surface area contributed by atoms with Crippen molar-refractivity contribution in [2.75, 3.05) is 11.9 Å². The molecule has 0 radical (unpaired) electrons. The highest BCUT2D eigenvalue weighted by molar-refractivity contribution is 7.15. The highest BCUT2D eigenvalue weighted by atomic mass is 32.1. The fourth-order valence-corrected chi connectivity index (χ4v) is 3.26. The van der Waals surface area contributed by atoms with Gasteiger partial charge in [-0.25, -0.2) is 0 Å². The van der Waals surface area contributed by atoms with Crippen molar-refractivity contribution in [1.29, 1.82) is 0 Å². The molecule has 108 valence electrons. The zero-order chi connectivity index (χ0) is 13.5. The van der Waals surface area contributed by atoms with Crippen LogP contribution in [0.5, 0.6) is 0 Å². The van der Waals surface area contributed by atoms with Crippen molar-refractivity contribution in [3.05, 3.63) is 5.01 Å². The first kappa shape index (κ1) is 14.7. The zero-order valence-electron chi connectivity index (χ0n) is 12.0. The Balaban J connectivity index is 1.73. The average molecular weight is 283 g/mol. The van der Waals surface area contributed by atoms with E-state index in [9.17, 15) is 0 Å². The average Bonchev–Trinajstić information content (AvgIpc) is 2.91. The molecule has 1 aromatic rings. The van der Waals surface area contributed by atoms with Crippen LogP contribution in [0.3, 0.4) is 0 Å². The molecule has 0 amide bonds. The number of nitrogens with zero attached hydrogens (tertiary/aromatic N) is 2. The molecule has 0 aromatic carbocycles. The fourth-order valence-electron chi connectivity index (χ4n) is 2.57. The molecule has 0 aliphatic heterocycles. The molecule has 0 spiro atoms. The molecule has 19 heavy (non-hydrogen) atoms. The number of hydrogen-bond acceptors (Lipinski definition) is 5. The zero-order valence-corrected chi connectivity index (χ0v) is 12.8. The Kier molecular flexibility index (Phi) is 6.04. The van der Waals surface area contributed by atoms with E-state index in [1.165, 1.54) is 32.1 Å². The fraction of sp³-hybridized carbons (Fsp3) is 0.857. The number of nitrogens with one attached hydrogen (secondary N) is 1. The molecule has 5 heteroatoms. The third-order valence-corrected chi connectivity index (χ3v) is 4.60. The van der Waals surface area contributed by atoms with E-state index in [1.807, 2.05) is 0 Å². The van der Waals surface area contributed by atoms with Crippen LogP contribution in [0.2, 0.25) is 0 Å². The maximum absolute atomic E-state index is 6.00. The van der Waals surface area contributed by atoms with Crippen LogP contribution in [0.15, 0.2) is 0 Å². The molecule has 1 fully saturated rings. The van der Waals surface area contributed by atoms with Crippen molar-refractivity contribution in [3.8, 4) is 0 Å². The third-order valence-electron chi connectivity index (χ3n) is 3.75. The molecule has 1 aliphatic rings. The van der Waals surface area contributed by atoms with Gasteiger partial charge in [-0.05, 0) is 25.2 Å². The van der Waals surface area contributed by atoms with E-state index in [0.717, 1.165) is 29.0 Å². The normalized spacial score (nSPS) is 23.5. The van der Waals surface area contributed by atoms with Crippen LogP contribution in [0.25, 0.3) is 0 Å². The van der Waals surface area contributed by atoms with E-state index in [0.29, 0.717) is 12.7 Å². The van der Waals surface area contributed by atoms with E-state index in [4.69, 9.17) is 4.74 Å². The summed E-state index contributed by atoms with van der Waals surface area (Å²) >= 11 is 1.61. The molecule has 4 nitrogen and oxygen atoms in total. The van der Waals surface area contributed by atoms with E-state index in [-0.39, 0.29) is 0 Å². The van der Waals surface area contributed by atoms with Gasteiger partial charge < -0.3 is 10.1 Å². The second-order valence-electron chi connectivity index (χ2n) is 5.30. The predicted octanol–water partition coefficient (Wildman–Crippen LogP) is 3.85. The van der Waals surface area contributed by atoms with Gasteiger partial charge in [0.15, 0.2) is 0 Å². The van der Waals surface area contributed by atoms with Crippen molar-refractivity contribution in [2.24, 2.45) is 5.92 Å². The van der Waals surface area contributed by atoms with E-state index in [1.54, 1.807) is 11.3 Å². The van der Waals surface area contributed by atoms with Gasteiger partial charge in [0, 0.05) is 6.54 Å². The highest BCUT2D eigenvalue weighted by Crippen LogP contribution is 2.29. The standard InChI is InChI=1S/C14H25N3OS/c1-3-8-15-14-17-16-13(19-14)10-18-12-7-5-6-11(4-2)9-12/h11-12H,3-10H2,1-2H3,(H,15,17). The predicted molar refractivity (Wildman–Crippen MR) is 79.5 cm³/mol. The van der Waals surface area contributed by atoms with Gasteiger partial charge in [-0.15, -0.1) is 10.2 Å². The molecule has 1 aliphatic carbocycles. The van der Waals surface area contributed by atoms with Crippen LogP contribution in [-0.2, 0) is 11.3 Å². The van der Waals surface area contributed by atoms with Crippen molar-refractivity contribution in [2.45, 2.75) is 65.1 Å². The second kappa shape index (κ2) is 7.80. The number of anilines is 1. The summed E-state index contributed by atoms with van der Waals surface area (Å²) in [6.45, 7) is 6.00. The topological polar surface area (TPSA) is 47.0 Å². The second-order valence-corrected chi connectivity index (χ2v) is 6.36. The van der Waals surface area contributed by atoms with Crippen molar-refractivity contribution in [3.63, 3.8) is 0 Å². The summed E-state index contributed by atoms with van der Waals surface area (Å²) in [6, 6.07) is 0. The lowest BCUT2D eigenvalue weighted by molar-refractivity contribution is 0.00150. The Bertz CT molecular complexity index is 369. The lowest BCUT2D eigenvalue weighted by atomic mass is 9.85. The maximum Gasteiger partial charge on any atom is 0.205 e. The van der Waals surface area contributed by atoms with Crippen molar-refractivity contribution >= 4 is 16.5 Å². The van der Waals surface area contributed by atoms with Gasteiger partial charge in [0.05, 0.1) is 6.10 Å². The van der Waals surface area contributed by atoms with Gasteiger partial charge in [-0.1, -0.05) is 44.4 Å². The van der Waals surface area contributed by atoms with E-state index in [2.05, 4.69) is 29.4 Å². The summed E-state index contributed by atoms with van der Waals surface area (Å²) in [5, 5.41) is 13.5. The first-order valence-electron chi connectivity index (χ1n) is 7.49. The van der Waals surface area contributed by atoms with Crippen LogP contribution in [-0.4, -0.2) is 22.8 Å². The number of ether oxygens (including phenoxy) is 1. The molecule has 1 heterocycles. The Morgan fingerprint density at radius 2 is 2.21 bits per heavy atom. The molecule has 0 bridgehead atoms.